The fraction of sp³-hybridized carbons (Fsp3) is 0.462. The highest BCUT2D eigenvalue weighted by atomic mass is 32.2. The highest BCUT2D eigenvalue weighted by molar-refractivity contribution is 7.89. The van der Waals surface area contributed by atoms with E-state index in [0.29, 0.717) is 11.3 Å². The standard InChI is InChI=1S/C13H19N3O3S2/c1-8(2)12(11-5-4-6-20-11)16-21(18,19)13-10(7-17)9(3)14-15-13/h4-6,8,12,16-17H,7H2,1-3H3,(H,14,15). The van der Waals surface area contributed by atoms with Crippen molar-refractivity contribution in [2.75, 3.05) is 0 Å². The number of aromatic nitrogens is 2. The topological polar surface area (TPSA) is 95.1 Å². The van der Waals surface area contributed by atoms with Crippen LogP contribution < -0.4 is 4.72 Å². The van der Waals surface area contributed by atoms with Crippen LogP contribution in [0.1, 0.15) is 36.0 Å². The number of aliphatic hydroxyl groups excluding tert-OH is 1. The molecule has 0 spiro atoms. The van der Waals surface area contributed by atoms with Crippen LogP contribution in [0.4, 0.5) is 0 Å². The van der Waals surface area contributed by atoms with Crippen molar-refractivity contribution in [2.24, 2.45) is 5.92 Å². The third-order valence-corrected chi connectivity index (χ3v) is 5.61. The summed E-state index contributed by atoms with van der Waals surface area (Å²) in [5.41, 5.74) is 0.853. The average Bonchev–Trinajstić information content (AvgIpc) is 3.04. The van der Waals surface area contributed by atoms with Crippen LogP contribution in [-0.2, 0) is 16.6 Å². The van der Waals surface area contributed by atoms with Gasteiger partial charge in [0.1, 0.15) is 0 Å². The maximum Gasteiger partial charge on any atom is 0.260 e. The Morgan fingerprint density at radius 3 is 2.71 bits per heavy atom. The Morgan fingerprint density at radius 2 is 2.19 bits per heavy atom. The molecule has 0 saturated heterocycles. The number of nitrogens with zero attached hydrogens (tertiary/aromatic N) is 1. The number of thiophene rings is 1. The molecular formula is C13H19N3O3S2. The molecule has 0 fully saturated rings. The zero-order valence-corrected chi connectivity index (χ0v) is 13.8. The first kappa shape index (κ1) is 16.2. The second kappa shape index (κ2) is 6.27. The molecule has 2 rings (SSSR count). The number of hydrogen-bond acceptors (Lipinski definition) is 5. The second-order valence-electron chi connectivity index (χ2n) is 5.15. The average molecular weight is 329 g/mol. The van der Waals surface area contributed by atoms with Gasteiger partial charge in [-0.25, -0.2) is 13.1 Å². The van der Waals surface area contributed by atoms with E-state index in [1.807, 2.05) is 31.4 Å². The van der Waals surface area contributed by atoms with E-state index < -0.39 is 10.0 Å². The summed E-state index contributed by atoms with van der Waals surface area (Å²) in [6, 6.07) is 3.47. The first-order valence-electron chi connectivity index (χ1n) is 6.57. The molecule has 1 atom stereocenters. The van der Waals surface area contributed by atoms with Crippen LogP contribution in [0.15, 0.2) is 22.5 Å². The number of aromatic amines is 1. The van der Waals surface area contributed by atoms with Crippen molar-refractivity contribution in [1.82, 2.24) is 14.9 Å². The van der Waals surface area contributed by atoms with Crippen LogP contribution in [-0.4, -0.2) is 23.7 Å². The van der Waals surface area contributed by atoms with E-state index in [9.17, 15) is 13.5 Å². The van der Waals surface area contributed by atoms with Crippen molar-refractivity contribution in [3.8, 4) is 0 Å². The van der Waals surface area contributed by atoms with Crippen LogP contribution in [0.25, 0.3) is 0 Å². The van der Waals surface area contributed by atoms with Gasteiger partial charge in [0, 0.05) is 16.1 Å². The molecule has 8 heteroatoms. The molecule has 116 valence electrons. The van der Waals surface area contributed by atoms with Crippen molar-refractivity contribution in [1.29, 1.82) is 0 Å². The SMILES string of the molecule is Cc1[nH]nc(S(=O)(=O)NC(c2cccs2)C(C)C)c1CO. The van der Waals surface area contributed by atoms with Gasteiger partial charge in [-0.15, -0.1) is 11.3 Å². The zero-order chi connectivity index (χ0) is 15.6. The van der Waals surface area contributed by atoms with Gasteiger partial charge >= 0.3 is 0 Å². The van der Waals surface area contributed by atoms with Crippen LogP contribution in [0.3, 0.4) is 0 Å². The Labute approximate surface area is 128 Å². The smallest absolute Gasteiger partial charge is 0.260 e. The van der Waals surface area contributed by atoms with Gasteiger partial charge < -0.3 is 5.11 Å². The summed E-state index contributed by atoms with van der Waals surface area (Å²) >= 11 is 1.51. The highest BCUT2D eigenvalue weighted by Gasteiger charge is 2.29. The monoisotopic (exact) mass is 329 g/mol. The quantitative estimate of drug-likeness (QED) is 0.755. The van der Waals surface area contributed by atoms with Crippen molar-refractivity contribution >= 4 is 21.4 Å². The minimum absolute atomic E-state index is 0.0936. The molecule has 2 heterocycles. The summed E-state index contributed by atoms with van der Waals surface area (Å²) in [4.78, 5) is 0.950. The number of sulfonamides is 1. The van der Waals surface area contributed by atoms with Gasteiger partial charge in [0.2, 0.25) is 0 Å². The van der Waals surface area contributed by atoms with E-state index in [4.69, 9.17) is 0 Å². The lowest BCUT2D eigenvalue weighted by atomic mass is 10.0. The summed E-state index contributed by atoms with van der Waals surface area (Å²) < 4.78 is 27.8. The Morgan fingerprint density at radius 1 is 1.48 bits per heavy atom. The lowest BCUT2D eigenvalue weighted by molar-refractivity contribution is 0.277. The van der Waals surface area contributed by atoms with Crippen LogP contribution >= 0.6 is 11.3 Å². The molecule has 0 aromatic carbocycles. The van der Waals surface area contributed by atoms with Crippen molar-refractivity contribution in [3.63, 3.8) is 0 Å². The third kappa shape index (κ3) is 3.34. The molecule has 1 unspecified atom stereocenters. The van der Waals surface area contributed by atoms with Gasteiger partial charge in [-0.3, -0.25) is 5.10 Å². The molecule has 0 aliphatic heterocycles. The maximum absolute atomic E-state index is 12.5. The third-order valence-electron chi connectivity index (χ3n) is 3.25. The van der Waals surface area contributed by atoms with Gasteiger partial charge in [-0.2, -0.15) is 5.10 Å². The first-order chi connectivity index (χ1) is 9.86. The Hall–Kier alpha value is -1.22. The van der Waals surface area contributed by atoms with Crippen LogP contribution in [0, 0.1) is 12.8 Å². The van der Waals surface area contributed by atoms with E-state index in [1.165, 1.54) is 11.3 Å². The summed E-state index contributed by atoms with van der Waals surface area (Å²) in [6.45, 7) is 5.21. The second-order valence-corrected chi connectivity index (χ2v) is 7.76. The van der Waals surface area contributed by atoms with Gasteiger partial charge in [0.25, 0.3) is 10.0 Å². The number of aliphatic hydroxyl groups is 1. The zero-order valence-electron chi connectivity index (χ0n) is 12.1. The lowest BCUT2D eigenvalue weighted by Crippen LogP contribution is -2.32. The molecule has 0 saturated carbocycles. The predicted molar refractivity (Wildman–Crippen MR) is 81.5 cm³/mol. The largest absolute Gasteiger partial charge is 0.392 e. The van der Waals surface area contributed by atoms with Crippen LogP contribution in [0.2, 0.25) is 0 Å². The molecule has 3 N–H and O–H groups in total. The Kier molecular flexibility index (Phi) is 4.82. The summed E-state index contributed by atoms with van der Waals surface area (Å²) in [5.74, 6) is 0.0936. The van der Waals surface area contributed by atoms with Gasteiger partial charge in [-0.05, 0) is 24.3 Å². The molecule has 0 amide bonds. The Balaban J connectivity index is 2.35. The summed E-state index contributed by atoms with van der Waals surface area (Å²) in [6.07, 6.45) is 0. The van der Waals surface area contributed by atoms with E-state index >= 15 is 0 Å². The van der Waals surface area contributed by atoms with Gasteiger partial charge in [0.15, 0.2) is 5.03 Å². The van der Waals surface area contributed by atoms with Crippen molar-refractivity contribution in [2.45, 2.75) is 38.4 Å². The summed E-state index contributed by atoms with van der Waals surface area (Å²) in [5, 5.41) is 17.5. The van der Waals surface area contributed by atoms with Gasteiger partial charge in [0.05, 0.1) is 12.6 Å². The number of hydrogen-bond donors (Lipinski definition) is 3. The lowest BCUT2D eigenvalue weighted by Gasteiger charge is -2.20. The minimum Gasteiger partial charge on any atom is -0.392 e. The van der Waals surface area contributed by atoms with Crippen molar-refractivity contribution < 1.29 is 13.5 Å². The van der Waals surface area contributed by atoms with E-state index in [1.54, 1.807) is 6.92 Å². The van der Waals surface area contributed by atoms with E-state index in [2.05, 4.69) is 14.9 Å². The highest BCUT2D eigenvalue weighted by Crippen LogP contribution is 2.28. The molecule has 6 nitrogen and oxygen atoms in total. The number of aryl methyl sites for hydroxylation is 1. The Bertz CT molecular complexity index is 690. The fourth-order valence-corrected chi connectivity index (χ4v) is 4.63. The van der Waals surface area contributed by atoms with E-state index in [0.717, 1.165) is 4.88 Å². The molecular weight excluding hydrogens is 310 g/mol. The molecule has 2 aromatic heterocycles. The van der Waals surface area contributed by atoms with Gasteiger partial charge in [-0.1, -0.05) is 19.9 Å². The normalized spacial score (nSPS) is 13.8. The first-order valence-corrected chi connectivity index (χ1v) is 8.93. The van der Waals surface area contributed by atoms with Crippen LogP contribution in [0.5, 0.6) is 0 Å². The predicted octanol–water partition coefficient (Wildman–Crippen LogP) is 1.95. The molecule has 0 aliphatic carbocycles. The van der Waals surface area contributed by atoms with Crippen molar-refractivity contribution in [3.05, 3.63) is 33.6 Å². The number of rotatable bonds is 6. The molecule has 0 bridgehead atoms. The van der Waals surface area contributed by atoms with E-state index in [-0.39, 0.29) is 23.6 Å². The molecule has 0 aliphatic rings. The minimum atomic E-state index is -3.80. The fourth-order valence-electron chi connectivity index (χ4n) is 2.05. The number of H-pyrrole nitrogens is 1. The maximum atomic E-state index is 12.5. The molecule has 0 radical (unpaired) electrons. The summed E-state index contributed by atoms with van der Waals surface area (Å²) in [7, 11) is -3.80. The molecule has 2 aromatic rings. The number of nitrogens with one attached hydrogen (secondary N) is 2. The molecule has 21 heavy (non-hydrogen) atoms.